The lowest BCUT2D eigenvalue weighted by Gasteiger charge is -2.22. The second kappa shape index (κ2) is 5.27. The van der Waals surface area contributed by atoms with Gasteiger partial charge in [-0.2, -0.15) is 0 Å². The summed E-state index contributed by atoms with van der Waals surface area (Å²) in [6.07, 6.45) is 0. The molecule has 1 rings (SSSR count). The normalized spacial score (nSPS) is 12.6. The first-order valence-corrected chi connectivity index (χ1v) is 5.04. The third kappa shape index (κ3) is 2.71. The summed E-state index contributed by atoms with van der Waals surface area (Å²) in [6, 6.07) is 3.64. The van der Waals surface area contributed by atoms with E-state index < -0.39 is 17.8 Å². The van der Waals surface area contributed by atoms with Crippen molar-refractivity contribution < 1.29 is 13.9 Å². The lowest BCUT2D eigenvalue weighted by atomic mass is 10.1. The first kappa shape index (κ1) is 12.9. The van der Waals surface area contributed by atoms with Crippen molar-refractivity contribution in [3.8, 4) is 0 Å². The van der Waals surface area contributed by atoms with Crippen LogP contribution in [0, 0.1) is 5.82 Å². The SMILES string of the molecule is COC(=O)C(c1ccc(Cl)c(F)c1)N(C)C. The third-order valence-corrected chi connectivity index (χ3v) is 2.51. The summed E-state index contributed by atoms with van der Waals surface area (Å²) in [4.78, 5) is 13.2. The van der Waals surface area contributed by atoms with Gasteiger partial charge >= 0.3 is 5.97 Å². The van der Waals surface area contributed by atoms with Crippen LogP contribution in [0.4, 0.5) is 4.39 Å². The van der Waals surface area contributed by atoms with Crippen LogP contribution in [-0.2, 0) is 9.53 Å². The number of benzene rings is 1. The molecule has 0 spiro atoms. The molecule has 0 heterocycles. The second-order valence-electron chi connectivity index (χ2n) is 3.56. The zero-order valence-corrected chi connectivity index (χ0v) is 10.1. The summed E-state index contributed by atoms with van der Waals surface area (Å²) in [7, 11) is 4.73. The van der Waals surface area contributed by atoms with E-state index in [0.29, 0.717) is 5.56 Å². The van der Waals surface area contributed by atoms with E-state index in [1.807, 2.05) is 0 Å². The molecule has 1 aromatic carbocycles. The quantitative estimate of drug-likeness (QED) is 0.765. The predicted molar refractivity (Wildman–Crippen MR) is 59.9 cm³/mol. The Kier molecular flexibility index (Phi) is 4.26. The molecule has 0 aliphatic rings. The summed E-state index contributed by atoms with van der Waals surface area (Å²) in [5.74, 6) is -0.985. The van der Waals surface area contributed by atoms with E-state index in [4.69, 9.17) is 11.6 Å². The van der Waals surface area contributed by atoms with Crippen LogP contribution < -0.4 is 0 Å². The van der Waals surface area contributed by atoms with Crippen LogP contribution in [-0.4, -0.2) is 32.1 Å². The molecule has 0 aliphatic heterocycles. The fourth-order valence-corrected chi connectivity index (χ4v) is 1.56. The zero-order valence-electron chi connectivity index (χ0n) is 9.33. The van der Waals surface area contributed by atoms with E-state index in [-0.39, 0.29) is 5.02 Å². The van der Waals surface area contributed by atoms with Crippen LogP contribution in [0.3, 0.4) is 0 Å². The summed E-state index contributed by atoms with van der Waals surface area (Å²) in [5, 5.41) is 0.0334. The number of ether oxygens (including phenoxy) is 1. The van der Waals surface area contributed by atoms with E-state index in [9.17, 15) is 9.18 Å². The maximum Gasteiger partial charge on any atom is 0.327 e. The number of likely N-dealkylation sites (N-methyl/N-ethyl adjacent to an activating group) is 1. The van der Waals surface area contributed by atoms with Crippen LogP contribution >= 0.6 is 11.6 Å². The van der Waals surface area contributed by atoms with Gasteiger partial charge in [-0.3, -0.25) is 4.90 Å². The van der Waals surface area contributed by atoms with E-state index in [0.717, 1.165) is 0 Å². The number of carbonyl (C=O) groups is 1. The number of hydrogen-bond donors (Lipinski definition) is 0. The number of carbonyl (C=O) groups excluding carboxylic acids is 1. The Bertz CT molecular complexity index is 396. The standard InChI is InChI=1S/C11H13ClFNO2/c1-14(2)10(11(15)16-3)7-4-5-8(12)9(13)6-7/h4-6,10H,1-3H3. The Labute approximate surface area is 98.8 Å². The number of halogens is 2. The third-order valence-electron chi connectivity index (χ3n) is 2.20. The van der Waals surface area contributed by atoms with Gasteiger partial charge in [0.15, 0.2) is 0 Å². The van der Waals surface area contributed by atoms with E-state index in [2.05, 4.69) is 4.74 Å². The molecule has 3 nitrogen and oxygen atoms in total. The first-order valence-electron chi connectivity index (χ1n) is 4.66. The smallest absolute Gasteiger partial charge is 0.327 e. The minimum Gasteiger partial charge on any atom is -0.468 e. The fourth-order valence-electron chi connectivity index (χ4n) is 1.44. The highest BCUT2D eigenvalue weighted by molar-refractivity contribution is 6.30. The molecule has 0 fully saturated rings. The molecule has 1 unspecified atom stereocenters. The molecule has 0 N–H and O–H groups in total. The molecule has 5 heteroatoms. The molecule has 1 aromatic rings. The Hall–Kier alpha value is -1.13. The Morgan fingerprint density at radius 3 is 2.56 bits per heavy atom. The van der Waals surface area contributed by atoms with Crippen molar-refractivity contribution in [3.05, 3.63) is 34.6 Å². The van der Waals surface area contributed by atoms with Crippen molar-refractivity contribution in [2.45, 2.75) is 6.04 Å². The van der Waals surface area contributed by atoms with Crippen LogP contribution in [0.25, 0.3) is 0 Å². The van der Waals surface area contributed by atoms with Crippen molar-refractivity contribution >= 4 is 17.6 Å². The zero-order chi connectivity index (χ0) is 12.3. The van der Waals surface area contributed by atoms with Gasteiger partial charge in [0.2, 0.25) is 0 Å². The fraction of sp³-hybridized carbons (Fsp3) is 0.364. The lowest BCUT2D eigenvalue weighted by Crippen LogP contribution is -2.28. The summed E-state index contributed by atoms with van der Waals surface area (Å²) in [6.45, 7) is 0. The van der Waals surface area contributed by atoms with E-state index >= 15 is 0 Å². The van der Waals surface area contributed by atoms with Crippen LogP contribution in [0.2, 0.25) is 5.02 Å². The highest BCUT2D eigenvalue weighted by Gasteiger charge is 2.24. The monoisotopic (exact) mass is 245 g/mol. The second-order valence-corrected chi connectivity index (χ2v) is 3.97. The van der Waals surface area contributed by atoms with Crippen molar-refractivity contribution in [2.75, 3.05) is 21.2 Å². The molecule has 16 heavy (non-hydrogen) atoms. The van der Waals surface area contributed by atoms with Gasteiger partial charge in [0.25, 0.3) is 0 Å². The predicted octanol–water partition coefficient (Wildman–Crippen LogP) is 2.25. The topological polar surface area (TPSA) is 29.5 Å². The van der Waals surface area contributed by atoms with Gasteiger partial charge in [0.05, 0.1) is 12.1 Å². The van der Waals surface area contributed by atoms with Crippen molar-refractivity contribution in [1.29, 1.82) is 0 Å². The Morgan fingerprint density at radius 1 is 1.50 bits per heavy atom. The molecule has 0 saturated heterocycles. The van der Waals surface area contributed by atoms with Gasteiger partial charge in [-0.15, -0.1) is 0 Å². The molecule has 0 bridgehead atoms. The molecule has 88 valence electrons. The molecule has 0 radical (unpaired) electrons. The Balaban J connectivity index is 3.11. The summed E-state index contributed by atoms with van der Waals surface area (Å²) >= 11 is 5.57. The van der Waals surface area contributed by atoms with E-state index in [1.165, 1.54) is 19.2 Å². The number of rotatable bonds is 3. The van der Waals surface area contributed by atoms with Gasteiger partial charge in [-0.1, -0.05) is 17.7 Å². The highest BCUT2D eigenvalue weighted by Crippen LogP contribution is 2.24. The van der Waals surface area contributed by atoms with Crippen LogP contribution in [0.5, 0.6) is 0 Å². The minimum atomic E-state index is -0.628. The highest BCUT2D eigenvalue weighted by atomic mass is 35.5. The Morgan fingerprint density at radius 2 is 2.12 bits per heavy atom. The van der Waals surface area contributed by atoms with Crippen LogP contribution in [0.15, 0.2) is 18.2 Å². The van der Waals surface area contributed by atoms with Gasteiger partial charge in [0.1, 0.15) is 11.9 Å². The van der Waals surface area contributed by atoms with Crippen molar-refractivity contribution in [3.63, 3.8) is 0 Å². The maximum atomic E-state index is 13.3. The number of nitrogens with zero attached hydrogens (tertiary/aromatic N) is 1. The van der Waals surface area contributed by atoms with Gasteiger partial charge in [-0.05, 0) is 31.8 Å². The molecule has 0 aliphatic carbocycles. The minimum absolute atomic E-state index is 0.0334. The molecule has 0 amide bonds. The first-order chi connectivity index (χ1) is 7.47. The van der Waals surface area contributed by atoms with Crippen molar-refractivity contribution in [1.82, 2.24) is 4.90 Å². The molecule has 0 aromatic heterocycles. The molecular formula is C11H13ClFNO2. The van der Waals surface area contributed by atoms with Gasteiger partial charge in [-0.25, -0.2) is 9.18 Å². The number of methoxy groups -OCH3 is 1. The maximum absolute atomic E-state index is 13.3. The molecule has 0 saturated carbocycles. The number of esters is 1. The average molecular weight is 246 g/mol. The van der Waals surface area contributed by atoms with E-state index in [1.54, 1.807) is 25.1 Å². The largest absolute Gasteiger partial charge is 0.468 e. The number of hydrogen-bond acceptors (Lipinski definition) is 3. The molecule has 1 atom stereocenters. The van der Waals surface area contributed by atoms with Gasteiger partial charge < -0.3 is 4.74 Å². The average Bonchev–Trinajstić information content (AvgIpc) is 2.22. The van der Waals surface area contributed by atoms with Gasteiger partial charge in [0, 0.05) is 0 Å². The lowest BCUT2D eigenvalue weighted by molar-refractivity contribution is -0.146. The molecular weight excluding hydrogens is 233 g/mol. The van der Waals surface area contributed by atoms with Crippen LogP contribution in [0.1, 0.15) is 11.6 Å². The summed E-state index contributed by atoms with van der Waals surface area (Å²) < 4.78 is 17.9. The van der Waals surface area contributed by atoms with Crippen molar-refractivity contribution in [2.24, 2.45) is 0 Å². The summed E-state index contributed by atoms with van der Waals surface area (Å²) in [5.41, 5.74) is 0.513.